The van der Waals surface area contributed by atoms with E-state index in [2.05, 4.69) is 4.98 Å². The SMILES string of the molecule is O=C1CN(C2CC2)C(=O)N1C(c1ccc(F)cc1)c1cccnc1. The molecule has 5 nitrogen and oxygen atoms in total. The van der Waals surface area contributed by atoms with Crippen LogP contribution in [0.15, 0.2) is 48.8 Å². The average molecular weight is 325 g/mol. The lowest BCUT2D eigenvalue weighted by atomic mass is 9.98. The van der Waals surface area contributed by atoms with Crippen LogP contribution in [0.3, 0.4) is 0 Å². The van der Waals surface area contributed by atoms with E-state index in [0.717, 1.165) is 18.4 Å². The minimum atomic E-state index is -0.594. The summed E-state index contributed by atoms with van der Waals surface area (Å²) < 4.78 is 13.3. The summed E-state index contributed by atoms with van der Waals surface area (Å²) in [6, 6.07) is 8.76. The number of pyridine rings is 1. The van der Waals surface area contributed by atoms with Crippen LogP contribution in [0.4, 0.5) is 9.18 Å². The number of carbonyl (C=O) groups excluding carboxylic acids is 2. The normalized spacial score (nSPS) is 19.0. The van der Waals surface area contributed by atoms with Gasteiger partial charge in [0.25, 0.3) is 5.91 Å². The van der Waals surface area contributed by atoms with Gasteiger partial charge in [-0.25, -0.2) is 9.18 Å². The van der Waals surface area contributed by atoms with Crippen molar-refractivity contribution in [2.24, 2.45) is 0 Å². The number of halogens is 1. The molecule has 1 aliphatic heterocycles. The molecule has 24 heavy (non-hydrogen) atoms. The lowest BCUT2D eigenvalue weighted by Gasteiger charge is -2.27. The monoisotopic (exact) mass is 325 g/mol. The molecule has 0 bridgehead atoms. The Kier molecular flexibility index (Phi) is 3.52. The number of urea groups is 1. The van der Waals surface area contributed by atoms with E-state index in [1.807, 2.05) is 6.07 Å². The molecule has 1 aliphatic carbocycles. The number of hydrogen-bond acceptors (Lipinski definition) is 3. The van der Waals surface area contributed by atoms with Crippen molar-refractivity contribution in [1.82, 2.24) is 14.8 Å². The molecule has 2 fully saturated rings. The summed E-state index contributed by atoms with van der Waals surface area (Å²) in [7, 11) is 0. The van der Waals surface area contributed by atoms with Crippen molar-refractivity contribution < 1.29 is 14.0 Å². The fourth-order valence-electron chi connectivity index (χ4n) is 3.13. The van der Waals surface area contributed by atoms with Gasteiger partial charge in [-0.1, -0.05) is 18.2 Å². The standard InChI is InChI=1S/C18H16FN3O2/c19-14-5-3-12(4-6-14)17(13-2-1-9-20-10-13)22-16(23)11-21(18(22)24)15-7-8-15/h1-6,9-10,15,17H,7-8,11H2. The maximum Gasteiger partial charge on any atom is 0.328 e. The predicted molar refractivity (Wildman–Crippen MR) is 84.5 cm³/mol. The van der Waals surface area contributed by atoms with Crippen LogP contribution in [0.2, 0.25) is 0 Å². The zero-order valence-electron chi connectivity index (χ0n) is 12.9. The van der Waals surface area contributed by atoms with Gasteiger partial charge in [0.2, 0.25) is 0 Å². The van der Waals surface area contributed by atoms with Crippen molar-refractivity contribution in [1.29, 1.82) is 0 Å². The Morgan fingerprint density at radius 3 is 2.46 bits per heavy atom. The van der Waals surface area contributed by atoms with Gasteiger partial charge in [0.05, 0.1) is 6.04 Å². The van der Waals surface area contributed by atoms with Crippen molar-refractivity contribution in [2.45, 2.75) is 24.9 Å². The molecule has 2 aromatic rings. The van der Waals surface area contributed by atoms with E-state index in [1.54, 1.807) is 35.5 Å². The molecule has 2 aliphatic rings. The maximum absolute atomic E-state index is 13.3. The van der Waals surface area contributed by atoms with Gasteiger partial charge < -0.3 is 4.90 Å². The highest BCUT2D eigenvalue weighted by Crippen LogP contribution is 2.36. The number of aromatic nitrogens is 1. The van der Waals surface area contributed by atoms with E-state index in [9.17, 15) is 14.0 Å². The summed E-state index contributed by atoms with van der Waals surface area (Å²) in [6.45, 7) is 0.113. The van der Waals surface area contributed by atoms with Gasteiger partial charge in [0, 0.05) is 18.4 Å². The van der Waals surface area contributed by atoms with Crippen LogP contribution >= 0.6 is 0 Å². The van der Waals surface area contributed by atoms with Gasteiger partial charge in [-0.15, -0.1) is 0 Å². The fraction of sp³-hybridized carbons (Fsp3) is 0.278. The lowest BCUT2D eigenvalue weighted by Crippen LogP contribution is -2.37. The van der Waals surface area contributed by atoms with Gasteiger partial charge in [0.1, 0.15) is 12.4 Å². The van der Waals surface area contributed by atoms with Gasteiger partial charge in [-0.05, 0) is 42.2 Å². The van der Waals surface area contributed by atoms with Crippen LogP contribution in [0.25, 0.3) is 0 Å². The topological polar surface area (TPSA) is 53.5 Å². The van der Waals surface area contributed by atoms with E-state index in [0.29, 0.717) is 5.56 Å². The Bertz CT molecular complexity index is 775. The smallest absolute Gasteiger partial charge is 0.312 e. The molecule has 0 radical (unpaired) electrons. The molecule has 0 N–H and O–H groups in total. The van der Waals surface area contributed by atoms with Crippen LogP contribution < -0.4 is 0 Å². The van der Waals surface area contributed by atoms with Crippen LogP contribution in [0, 0.1) is 5.82 Å². The Morgan fingerprint density at radius 2 is 1.83 bits per heavy atom. The highest BCUT2D eigenvalue weighted by Gasteiger charge is 2.47. The van der Waals surface area contributed by atoms with E-state index in [4.69, 9.17) is 0 Å². The van der Waals surface area contributed by atoms with Crippen LogP contribution in [-0.4, -0.2) is 39.3 Å². The third-order valence-corrected chi connectivity index (χ3v) is 4.46. The molecule has 6 heteroatoms. The minimum Gasteiger partial charge on any atom is -0.312 e. The maximum atomic E-state index is 13.3. The van der Waals surface area contributed by atoms with Crippen LogP contribution in [-0.2, 0) is 4.79 Å². The molecule has 1 aromatic heterocycles. The number of amides is 3. The molecule has 3 amide bonds. The first-order valence-corrected chi connectivity index (χ1v) is 7.93. The molecule has 122 valence electrons. The first kappa shape index (κ1) is 14.8. The number of imide groups is 1. The number of nitrogens with zero attached hydrogens (tertiary/aromatic N) is 3. The molecule has 1 saturated carbocycles. The molecule has 1 saturated heterocycles. The molecular formula is C18H16FN3O2. The fourth-order valence-corrected chi connectivity index (χ4v) is 3.13. The van der Waals surface area contributed by atoms with Crippen molar-refractivity contribution in [2.75, 3.05) is 6.54 Å². The molecule has 1 aromatic carbocycles. The van der Waals surface area contributed by atoms with Crippen LogP contribution in [0.5, 0.6) is 0 Å². The predicted octanol–water partition coefficient (Wildman–Crippen LogP) is 2.74. The van der Waals surface area contributed by atoms with Crippen molar-refractivity contribution >= 4 is 11.9 Å². The van der Waals surface area contributed by atoms with E-state index in [-0.39, 0.29) is 30.3 Å². The number of rotatable bonds is 4. The zero-order valence-corrected chi connectivity index (χ0v) is 12.9. The van der Waals surface area contributed by atoms with E-state index in [1.165, 1.54) is 17.0 Å². The van der Waals surface area contributed by atoms with Gasteiger partial charge in [-0.2, -0.15) is 0 Å². The quantitative estimate of drug-likeness (QED) is 0.812. The second kappa shape index (κ2) is 5.70. The minimum absolute atomic E-state index is 0.113. The third kappa shape index (κ3) is 2.54. The number of hydrogen-bond donors (Lipinski definition) is 0. The highest BCUT2D eigenvalue weighted by atomic mass is 19.1. The Hall–Kier alpha value is -2.76. The van der Waals surface area contributed by atoms with Crippen molar-refractivity contribution in [3.05, 3.63) is 65.7 Å². The molecule has 1 atom stereocenters. The molecule has 1 unspecified atom stereocenters. The zero-order chi connectivity index (χ0) is 16.7. The molecule has 0 spiro atoms. The summed E-state index contributed by atoms with van der Waals surface area (Å²) >= 11 is 0. The van der Waals surface area contributed by atoms with Crippen LogP contribution in [0.1, 0.15) is 30.0 Å². The number of benzene rings is 1. The van der Waals surface area contributed by atoms with E-state index >= 15 is 0 Å². The Balaban J connectivity index is 1.76. The highest BCUT2D eigenvalue weighted by molar-refractivity contribution is 6.03. The Labute approximate surface area is 138 Å². The summed E-state index contributed by atoms with van der Waals surface area (Å²) in [4.78, 5) is 32.4. The second-order valence-electron chi connectivity index (χ2n) is 6.15. The second-order valence-corrected chi connectivity index (χ2v) is 6.15. The summed E-state index contributed by atoms with van der Waals surface area (Å²) in [5.74, 6) is -0.590. The summed E-state index contributed by atoms with van der Waals surface area (Å²) in [5.41, 5.74) is 1.41. The molecule has 2 heterocycles. The first-order chi connectivity index (χ1) is 11.6. The van der Waals surface area contributed by atoms with Crippen molar-refractivity contribution in [3.8, 4) is 0 Å². The largest absolute Gasteiger partial charge is 0.328 e. The summed E-state index contributed by atoms with van der Waals surface area (Å²) in [6.07, 6.45) is 5.16. The van der Waals surface area contributed by atoms with Gasteiger partial charge in [-0.3, -0.25) is 14.7 Å². The molecule has 4 rings (SSSR count). The number of carbonyl (C=O) groups is 2. The summed E-state index contributed by atoms with van der Waals surface area (Å²) in [5, 5.41) is 0. The first-order valence-electron chi connectivity index (χ1n) is 7.93. The third-order valence-electron chi connectivity index (χ3n) is 4.46. The lowest BCUT2D eigenvalue weighted by molar-refractivity contribution is -0.126. The average Bonchev–Trinajstić information content (AvgIpc) is 3.39. The Morgan fingerprint density at radius 1 is 1.08 bits per heavy atom. The van der Waals surface area contributed by atoms with Crippen molar-refractivity contribution in [3.63, 3.8) is 0 Å². The van der Waals surface area contributed by atoms with Gasteiger partial charge in [0.15, 0.2) is 0 Å². The van der Waals surface area contributed by atoms with E-state index < -0.39 is 6.04 Å². The van der Waals surface area contributed by atoms with Gasteiger partial charge >= 0.3 is 6.03 Å². The molecular weight excluding hydrogens is 309 g/mol.